The van der Waals surface area contributed by atoms with Crippen molar-refractivity contribution < 1.29 is 22.8 Å². The molecule has 3 rings (SSSR count). The van der Waals surface area contributed by atoms with Crippen molar-refractivity contribution in [3.05, 3.63) is 71.6 Å². The van der Waals surface area contributed by atoms with Crippen molar-refractivity contribution in [1.29, 1.82) is 0 Å². The second kappa shape index (κ2) is 8.36. The molecule has 2 aromatic carbocycles. The quantitative estimate of drug-likeness (QED) is 0.500. The van der Waals surface area contributed by atoms with Crippen molar-refractivity contribution in [3.63, 3.8) is 0 Å². The number of aryl methyl sites for hydroxylation is 1. The Kier molecular flexibility index (Phi) is 5.92. The molecule has 0 saturated heterocycles. The molecule has 0 radical (unpaired) electrons. The van der Waals surface area contributed by atoms with E-state index in [-0.39, 0.29) is 0 Å². The SMILES string of the molecule is Cc1oc(-c2ccccc2)nc1CCOc1ccc(C=NS(O)(O)O)cc1. The average Bonchev–Trinajstić information content (AvgIpc) is 3.02. The number of nitrogens with zero attached hydrogens (tertiary/aromatic N) is 2. The van der Waals surface area contributed by atoms with Crippen LogP contribution in [0.3, 0.4) is 0 Å². The number of hydrogen-bond acceptors (Lipinski definition) is 7. The van der Waals surface area contributed by atoms with Crippen molar-refractivity contribution in [2.45, 2.75) is 13.3 Å². The van der Waals surface area contributed by atoms with Gasteiger partial charge in [-0.3, -0.25) is 13.7 Å². The Labute approximate surface area is 158 Å². The Balaban J connectivity index is 1.56. The van der Waals surface area contributed by atoms with Crippen LogP contribution in [-0.4, -0.2) is 31.5 Å². The van der Waals surface area contributed by atoms with Crippen LogP contribution in [-0.2, 0) is 6.42 Å². The summed E-state index contributed by atoms with van der Waals surface area (Å²) in [5, 5.41) is 0. The van der Waals surface area contributed by atoms with Crippen molar-refractivity contribution in [1.82, 2.24) is 4.98 Å². The van der Waals surface area contributed by atoms with Crippen LogP contribution in [0.15, 0.2) is 63.4 Å². The largest absolute Gasteiger partial charge is 0.493 e. The second-order valence-corrected chi connectivity index (χ2v) is 6.97. The first kappa shape index (κ1) is 19.1. The summed E-state index contributed by atoms with van der Waals surface area (Å²) in [7, 11) is 0. The summed E-state index contributed by atoms with van der Waals surface area (Å²) in [6.07, 6.45) is 1.79. The standard InChI is InChI=1S/C19H20N2O5S/c1-14-18(21-19(26-14)16-5-3-2-4-6-16)11-12-25-17-9-7-15(8-10-17)13-20-27(22,23)24/h2-10,13,22-24H,11-12H2,1H3. The van der Waals surface area contributed by atoms with Crippen molar-refractivity contribution in [3.8, 4) is 17.2 Å². The summed E-state index contributed by atoms with van der Waals surface area (Å²) >= 11 is -3.88. The lowest BCUT2D eigenvalue weighted by Gasteiger charge is -2.10. The molecule has 0 amide bonds. The van der Waals surface area contributed by atoms with Crippen LogP contribution in [0, 0.1) is 6.92 Å². The Morgan fingerprint density at radius 2 is 1.78 bits per heavy atom. The molecule has 0 aliphatic heterocycles. The highest BCUT2D eigenvalue weighted by Crippen LogP contribution is 2.33. The van der Waals surface area contributed by atoms with E-state index in [1.807, 2.05) is 37.3 Å². The van der Waals surface area contributed by atoms with E-state index >= 15 is 0 Å². The topological polar surface area (TPSA) is 108 Å². The molecule has 8 heteroatoms. The van der Waals surface area contributed by atoms with E-state index in [1.54, 1.807) is 24.3 Å². The lowest BCUT2D eigenvalue weighted by molar-refractivity contribution is 0.320. The van der Waals surface area contributed by atoms with Gasteiger partial charge in [0.1, 0.15) is 11.5 Å². The molecule has 0 fully saturated rings. The van der Waals surface area contributed by atoms with Gasteiger partial charge in [-0.25, -0.2) is 4.98 Å². The molecule has 0 spiro atoms. The molecular weight excluding hydrogens is 368 g/mol. The molecule has 1 aromatic heterocycles. The third kappa shape index (κ3) is 5.66. The molecule has 0 unspecified atom stereocenters. The lowest BCUT2D eigenvalue weighted by atomic mass is 10.2. The zero-order valence-corrected chi connectivity index (χ0v) is 15.5. The maximum Gasteiger partial charge on any atom is 0.226 e. The van der Waals surface area contributed by atoms with Crippen LogP contribution in [0.25, 0.3) is 11.5 Å². The molecule has 0 bridgehead atoms. The van der Waals surface area contributed by atoms with E-state index in [1.165, 1.54) is 6.21 Å². The molecule has 27 heavy (non-hydrogen) atoms. The van der Waals surface area contributed by atoms with Crippen molar-refractivity contribution >= 4 is 17.3 Å². The zero-order chi connectivity index (χ0) is 19.3. The van der Waals surface area contributed by atoms with Crippen LogP contribution in [0.4, 0.5) is 0 Å². The number of rotatable bonds is 7. The van der Waals surface area contributed by atoms with Gasteiger partial charge in [0.05, 0.1) is 12.3 Å². The van der Waals surface area contributed by atoms with Gasteiger partial charge in [-0.2, -0.15) is 4.40 Å². The van der Waals surface area contributed by atoms with Gasteiger partial charge in [-0.05, 0) is 48.9 Å². The highest BCUT2D eigenvalue weighted by molar-refractivity contribution is 8.18. The van der Waals surface area contributed by atoms with E-state index in [2.05, 4.69) is 9.38 Å². The number of oxazole rings is 1. The maximum absolute atomic E-state index is 8.81. The summed E-state index contributed by atoms with van der Waals surface area (Å²) in [4.78, 5) is 4.54. The normalized spacial score (nSPS) is 12.4. The van der Waals surface area contributed by atoms with Crippen LogP contribution >= 0.6 is 11.1 Å². The van der Waals surface area contributed by atoms with Gasteiger partial charge >= 0.3 is 0 Å². The van der Waals surface area contributed by atoms with Gasteiger partial charge in [-0.15, -0.1) is 0 Å². The van der Waals surface area contributed by atoms with Gasteiger partial charge in [0, 0.05) is 18.2 Å². The lowest BCUT2D eigenvalue weighted by Crippen LogP contribution is -2.02. The third-order valence-electron chi connectivity index (χ3n) is 3.74. The van der Waals surface area contributed by atoms with E-state index in [9.17, 15) is 0 Å². The molecule has 142 valence electrons. The Hall–Kier alpha value is -2.65. The molecular formula is C19H20N2O5S. The van der Waals surface area contributed by atoms with E-state index in [0.29, 0.717) is 30.2 Å². The molecule has 1 heterocycles. The van der Waals surface area contributed by atoms with Gasteiger partial charge in [0.15, 0.2) is 11.1 Å². The molecule has 7 nitrogen and oxygen atoms in total. The molecule has 3 N–H and O–H groups in total. The number of benzene rings is 2. The van der Waals surface area contributed by atoms with Gasteiger partial charge in [0.2, 0.25) is 5.89 Å². The number of hydrogen-bond donors (Lipinski definition) is 3. The Bertz CT molecular complexity index is 902. The molecule has 3 aromatic rings. The monoisotopic (exact) mass is 388 g/mol. The van der Waals surface area contributed by atoms with E-state index < -0.39 is 11.1 Å². The minimum absolute atomic E-state index is 0.437. The first-order valence-electron chi connectivity index (χ1n) is 8.21. The van der Waals surface area contributed by atoms with Gasteiger partial charge in [-0.1, -0.05) is 18.2 Å². The minimum atomic E-state index is -3.88. The Morgan fingerprint density at radius 1 is 1.07 bits per heavy atom. The first-order valence-corrected chi connectivity index (χ1v) is 9.67. The highest BCUT2D eigenvalue weighted by Gasteiger charge is 2.11. The second-order valence-electron chi connectivity index (χ2n) is 5.78. The zero-order valence-electron chi connectivity index (χ0n) is 14.6. The molecule has 0 aliphatic rings. The highest BCUT2D eigenvalue weighted by atomic mass is 32.3. The number of aromatic nitrogens is 1. The van der Waals surface area contributed by atoms with Crippen LogP contribution in [0.5, 0.6) is 5.75 Å². The fourth-order valence-corrected chi connectivity index (χ4v) is 2.67. The summed E-state index contributed by atoms with van der Waals surface area (Å²) < 4.78 is 41.1. The van der Waals surface area contributed by atoms with Crippen molar-refractivity contribution in [2.24, 2.45) is 4.40 Å². The first-order chi connectivity index (χ1) is 12.9. The minimum Gasteiger partial charge on any atom is -0.493 e. The molecule has 0 atom stereocenters. The smallest absolute Gasteiger partial charge is 0.226 e. The summed E-state index contributed by atoms with van der Waals surface area (Å²) in [6, 6.07) is 16.6. The van der Waals surface area contributed by atoms with Gasteiger partial charge < -0.3 is 9.15 Å². The summed E-state index contributed by atoms with van der Waals surface area (Å²) in [6.45, 7) is 2.32. The third-order valence-corrected chi connectivity index (χ3v) is 4.13. The van der Waals surface area contributed by atoms with Gasteiger partial charge in [0.25, 0.3) is 0 Å². The number of ether oxygens (including phenoxy) is 1. The molecule has 0 aliphatic carbocycles. The fourth-order valence-electron chi connectivity index (χ4n) is 2.41. The van der Waals surface area contributed by atoms with E-state index in [0.717, 1.165) is 17.0 Å². The Morgan fingerprint density at radius 3 is 2.44 bits per heavy atom. The molecule has 0 saturated carbocycles. The van der Waals surface area contributed by atoms with Crippen molar-refractivity contribution in [2.75, 3.05) is 6.61 Å². The van der Waals surface area contributed by atoms with E-state index in [4.69, 9.17) is 22.8 Å². The van der Waals surface area contributed by atoms with Crippen LogP contribution in [0.2, 0.25) is 0 Å². The maximum atomic E-state index is 8.81. The average molecular weight is 388 g/mol. The van der Waals surface area contributed by atoms with Crippen LogP contribution in [0.1, 0.15) is 17.0 Å². The summed E-state index contributed by atoms with van der Waals surface area (Å²) in [5.41, 5.74) is 2.39. The predicted octanol–water partition coefficient (Wildman–Crippen LogP) is 4.83. The summed E-state index contributed by atoms with van der Waals surface area (Å²) in [5.74, 6) is 2.03. The van der Waals surface area contributed by atoms with Crippen LogP contribution < -0.4 is 4.74 Å². The fraction of sp³-hybridized carbons (Fsp3) is 0.158. The predicted molar refractivity (Wildman–Crippen MR) is 105 cm³/mol.